The molecule has 0 unspecified atom stereocenters. The summed E-state index contributed by atoms with van der Waals surface area (Å²) in [6.07, 6.45) is 5.14. The zero-order valence-corrected chi connectivity index (χ0v) is 15.6. The first-order chi connectivity index (χ1) is 11.8. The van der Waals surface area contributed by atoms with Gasteiger partial charge < -0.3 is 4.90 Å². The molecule has 0 saturated carbocycles. The van der Waals surface area contributed by atoms with Crippen LogP contribution in [0.3, 0.4) is 0 Å². The van der Waals surface area contributed by atoms with Gasteiger partial charge in [-0.25, -0.2) is 0 Å². The lowest BCUT2D eigenvalue weighted by atomic mass is 9.95. The molecule has 0 aliphatic carbocycles. The summed E-state index contributed by atoms with van der Waals surface area (Å²) in [5, 5.41) is 1.19. The first-order valence-corrected chi connectivity index (χ1v) is 10.6. The second-order valence-electron chi connectivity index (χ2n) is 6.11. The lowest BCUT2D eigenvalue weighted by Crippen LogP contribution is -2.35. The molecule has 2 aliphatic heterocycles. The summed E-state index contributed by atoms with van der Waals surface area (Å²) in [6.45, 7) is 2.27. The van der Waals surface area contributed by atoms with E-state index in [2.05, 4.69) is 59.5 Å². The average molecular weight is 356 g/mol. The number of pyridine rings is 1. The van der Waals surface area contributed by atoms with Crippen molar-refractivity contribution in [3.05, 3.63) is 59.9 Å². The Hall–Kier alpha value is -1.46. The van der Waals surface area contributed by atoms with E-state index in [1.165, 1.54) is 15.6 Å². The first kappa shape index (κ1) is 16.0. The molecule has 1 fully saturated rings. The molecule has 4 rings (SSSR count). The van der Waals surface area contributed by atoms with E-state index in [4.69, 9.17) is 4.99 Å². The Labute approximate surface area is 152 Å². The summed E-state index contributed by atoms with van der Waals surface area (Å²) in [6, 6.07) is 16.0. The number of amidine groups is 1. The highest BCUT2D eigenvalue weighted by molar-refractivity contribution is 8.14. The fourth-order valence-corrected chi connectivity index (χ4v) is 5.26. The number of hydrogen-bond acceptors (Lipinski definition) is 5. The summed E-state index contributed by atoms with van der Waals surface area (Å²) in [4.78, 5) is 13.5. The number of benzene rings is 1. The van der Waals surface area contributed by atoms with Crippen molar-refractivity contribution >= 4 is 28.7 Å². The molecule has 1 aromatic heterocycles. The number of hydrogen-bond donors (Lipinski definition) is 0. The fraction of sp³-hybridized carbons (Fsp3) is 0.368. The van der Waals surface area contributed by atoms with Crippen LogP contribution in [-0.4, -0.2) is 33.1 Å². The van der Waals surface area contributed by atoms with Gasteiger partial charge in [-0.2, -0.15) is 0 Å². The van der Waals surface area contributed by atoms with Crippen LogP contribution in [0.4, 0.5) is 0 Å². The van der Waals surface area contributed by atoms with E-state index in [1.54, 1.807) is 11.8 Å². The van der Waals surface area contributed by atoms with Crippen molar-refractivity contribution < 1.29 is 0 Å². The second-order valence-corrected chi connectivity index (χ2v) is 7.98. The van der Waals surface area contributed by atoms with Crippen molar-refractivity contribution in [2.75, 3.05) is 12.0 Å². The summed E-state index contributed by atoms with van der Waals surface area (Å²) in [5.41, 5.74) is 2.40. The van der Waals surface area contributed by atoms with Crippen LogP contribution in [0, 0.1) is 0 Å². The van der Waals surface area contributed by atoms with Crippen molar-refractivity contribution in [2.24, 2.45) is 4.99 Å². The number of thioether (sulfide) groups is 2. The fourth-order valence-electron chi connectivity index (χ4n) is 3.51. The highest BCUT2D eigenvalue weighted by Gasteiger charge is 2.45. The van der Waals surface area contributed by atoms with E-state index >= 15 is 0 Å². The Morgan fingerprint density at radius 2 is 2.04 bits per heavy atom. The highest BCUT2D eigenvalue weighted by Crippen LogP contribution is 2.48. The van der Waals surface area contributed by atoms with Gasteiger partial charge in [-0.1, -0.05) is 36.9 Å². The second kappa shape index (κ2) is 6.81. The molecule has 0 N–H and O–H groups in total. The molecule has 0 radical (unpaired) electrons. The number of aliphatic imine (C=N–C) groups is 1. The quantitative estimate of drug-likeness (QED) is 0.738. The summed E-state index contributed by atoms with van der Waals surface area (Å²) in [7, 11) is 0. The molecule has 3 heterocycles. The Morgan fingerprint density at radius 1 is 1.21 bits per heavy atom. The maximum atomic E-state index is 5.06. The van der Waals surface area contributed by atoms with E-state index in [-0.39, 0.29) is 12.1 Å². The third-order valence-corrected chi connectivity index (χ3v) is 6.66. The van der Waals surface area contributed by atoms with Gasteiger partial charge in [-0.15, -0.1) is 11.8 Å². The van der Waals surface area contributed by atoms with Crippen LogP contribution >= 0.6 is 23.5 Å². The van der Waals surface area contributed by atoms with E-state index in [0.29, 0.717) is 6.04 Å². The zero-order chi connectivity index (χ0) is 16.5. The minimum Gasteiger partial charge on any atom is -0.338 e. The Morgan fingerprint density at radius 3 is 2.71 bits per heavy atom. The molecule has 0 bridgehead atoms. The van der Waals surface area contributed by atoms with Gasteiger partial charge in [0.25, 0.3) is 0 Å². The van der Waals surface area contributed by atoms with Crippen molar-refractivity contribution in [3.8, 4) is 0 Å². The number of fused-ring (bicyclic) bond motifs is 1. The molecule has 1 aromatic carbocycles. The molecule has 124 valence electrons. The van der Waals surface area contributed by atoms with E-state index in [0.717, 1.165) is 17.9 Å². The normalized spacial score (nSPS) is 25.7. The van der Waals surface area contributed by atoms with Gasteiger partial charge in [0, 0.05) is 22.9 Å². The Bertz CT molecular complexity index is 730. The van der Waals surface area contributed by atoms with Gasteiger partial charge in [-0.05, 0) is 42.5 Å². The van der Waals surface area contributed by atoms with Gasteiger partial charge >= 0.3 is 0 Å². The van der Waals surface area contributed by atoms with Crippen molar-refractivity contribution in [1.29, 1.82) is 0 Å². The minimum atomic E-state index is 0.0863. The molecule has 2 aromatic rings. The molecule has 5 heteroatoms. The van der Waals surface area contributed by atoms with Gasteiger partial charge in [0.05, 0.1) is 11.7 Å². The van der Waals surface area contributed by atoms with Crippen molar-refractivity contribution in [3.63, 3.8) is 0 Å². The molecule has 3 nitrogen and oxygen atoms in total. The van der Waals surface area contributed by atoms with Crippen LogP contribution in [0.25, 0.3) is 0 Å². The standard InChI is InChI=1S/C19H21N3S2/c1-3-14-12-24-19-21-17(16-6-4-5-11-20-16)18(22(14)19)13-7-9-15(23-2)10-8-13/h4-11,14,17-18H,3,12H2,1-2H3/t14-,17-,18-/m1/s1. The summed E-state index contributed by atoms with van der Waals surface area (Å²) < 4.78 is 0. The smallest absolute Gasteiger partial charge is 0.160 e. The monoisotopic (exact) mass is 355 g/mol. The lowest BCUT2D eigenvalue weighted by molar-refractivity contribution is 0.255. The van der Waals surface area contributed by atoms with Gasteiger partial charge in [0.2, 0.25) is 0 Å². The topological polar surface area (TPSA) is 28.5 Å². The van der Waals surface area contributed by atoms with Crippen LogP contribution in [-0.2, 0) is 0 Å². The third kappa shape index (κ3) is 2.74. The summed E-state index contributed by atoms with van der Waals surface area (Å²) >= 11 is 3.68. The maximum Gasteiger partial charge on any atom is 0.160 e. The molecular weight excluding hydrogens is 334 g/mol. The van der Waals surface area contributed by atoms with Crippen LogP contribution in [0.5, 0.6) is 0 Å². The highest BCUT2D eigenvalue weighted by atomic mass is 32.2. The maximum absolute atomic E-state index is 5.06. The molecule has 1 saturated heterocycles. The number of nitrogens with zero attached hydrogens (tertiary/aromatic N) is 3. The van der Waals surface area contributed by atoms with Crippen LogP contribution in [0.2, 0.25) is 0 Å². The summed E-state index contributed by atoms with van der Waals surface area (Å²) in [5.74, 6) is 1.14. The first-order valence-electron chi connectivity index (χ1n) is 8.35. The molecule has 0 spiro atoms. The van der Waals surface area contributed by atoms with Crippen LogP contribution in [0.1, 0.15) is 36.7 Å². The molecule has 2 aliphatic rings. The Kier molecular flexibility index (Phi) is 4.55. The SMILES string of the molecule is CC[C@@H]1CSC2=N[C@H](c3ccccn3)[C@@H](c3ccc(SC)cc3)N21. The zero-order valence-electron chi connectivity index (χ0n) is 13.9. The lowest BCUT2D eigenvalue weighted by Gasteiger charge is -2.32. The molecule has 24 heavy (non-hydrogen) atoms. The Balaban J connectivity index is 1.76. The average Bonchev–Trinajstić information content (AvgIpc) is 3.21. The molecule has 3 atom stereocenters. The predicted molar refractivity (Wildman–Crippen MR) is 104 cm³/mol. The number of rotatable bonds is 4. The minimum absolute atomic E-state index is 0.0863. The van der Waals surface area contributed by atoms with E-state index < -0.39 is 0 Å². The van der Waals surface area contributed by atoms with Crippen molar-refractivity contribution in [1.82, 2.24) is 9.88 Å². The largest absolute Gasteiger partial charge is 0.338 e. The third-order valence-electron chi connectivity index (χ3n) is 4.79. The molecule has 0 amide bonds. The van der Waals surface area contributed by atoms with Gasteiger partial charge in [0.1, 0.15) is 6.04 Å². The van der Waals surface area contributed by atoms with Crippen LogP contribution in [0.15, 0.2) is 58.5 Å². The van der Waals surface area contributed by atoms with Gasteiger partial charge in [-0.3, -0.25) is 9.98 Å². The van der Waals surface area contributed by atoms with Crippen LogP contribution < -0.4 is 0 Å². The van der Waals surface area contributed by atoms with E-state index in [1.807, 2.05) is 24.0 Å². The van der Waals surface area contributed by atoms with Crippen molar-refractivity contribution in [2.45, 2.75) is 36.4 Å². The van der Waals surface area contributed by atoms with E-state index in [9.17, 15) is 0 Å². The predicted octanol–water partition coefficient (Wildman–Crippen LogP) is 4.78. The number of aromatic nitrogens is 1. The molecular formula is C19H21N3S2. The van der Waals surface area contributed by atoms with Gasteiger partial charge in [0.15, 0.2) is 5.17 Å².